The van der Waals surface area contributed by atoms with Crippen molar-refractivity contribution in [1.29, 1.82) is 0 Å². The highest BCUT2D eigenvalue weighted by atomic mass is 15.2. The minimum atomic E-state index is -0.793. The summed E-state index contributed by atoms with van der Waals surface area (Å²) in [6, 6.07) is 92.5. The van der Waals surface area contributed by atoms with Crippen molar-refractivity contribution in [3.8, 4) is 67.3 Å². The number of hydrogen-bond acceptors (Lipinski definition) is 2. The van der Waals surface area contributed by atoms with Gasteiger partial charge < -0.3 is 28.1 Å². The van der Waals surface area contributed by atoms with Crippen LogP contribution in [-0.2, 0) is 0 Å². The van der Waals surface area contributed by atoms with Gasteiger partial charge >= 0.3 is 0 Å². The Morgan fingerprint density at radius 3 is 0.872 bits per heavy atom. The first-order valence-electron chi connectivity index (χ1n) is 44.3. The van der Waals surface area contributed by atoms with Gasteiger partial charge in [0.1, 0.15) is 0 Å². The second-order valence-electron chi connectivity index (χ2n) is 28.0. The summed E-state index contributed by atoms with van der Waals surface area (Å²) in [4.78, 5) is 4.38. The van der Waals surface area contributed by atoms with E-state index >= 15 is 0 Å². The fourth-order valence-corrected chi connectivity index (χ4v) is 17.5. The molecule has 6 heterocycles. The summed E-state index contributed by atoms with van der Waals surface area (Å²) in [5, 5.41) is 3.81. The Bertz CT molecular complexity index is 8020. The summed E-state index contributed by atoms with van der Waals surface area (Å²) in [5.41, 5.74) is 18.5. The molecule has 7 heteroatoms. The fourth-order valence-electron chi connectivity index (χ4n) is 17.5. The molecule has 0 fully saturated rings. The van der Waals surface area contributed by atoms with E-state index in [-0.39, 0.29) is 55.0 Å². The lowest BCUT2D eigenvalue weighted by molar-refractivity contribution is 1.15. The van der Waals surface area contributed by atoms with Gasteiger partial charge in [0.05, 0.1) is 71.8 Å². The van der Waals surface area contributed by atoms with Crippen molar-refractivity contribution in [3.63, 3.8) is 0 Å². The molecule has 2 aliphatic heterocycles. The molecular weight excluding hydrogens is 1320 g/mol. The Morgan fingerprint density at radius 2 is 0.486 bits per heavy atom. The first-order valence-corrected chi connectivity index (χ1v) is 36.3. The maximum Gasteiger partial charge on any atom is 0.252 e. The molecule has 4 aromatic heterocycles. The lowest BCUT2D eigenvalue weighted by atomic mass is 9.33. The highest BCUT2D eigenvalue weighted by Crippen LogP contribution is 2.51. The topological polar surface area (TPSA) is 26.2 Å². The molecule has 0 saturated carbocycles. The predicted octanol–water partition coefficient (Wildman–Crippen LogP) is 24.8. The summed E-state index contributed by atoms with van der Waals surface area (Å²) in [6.45, 7) is -0.793. The average molecular weight is 1400 g/mol. The van der Waals surface area contributed by atoms with E-state index in [1.807, 2.05) is 133 Å². The SMILES string of the molecule is [2H]c1c([2H])c([2H])c2c(c1[2H])c1c([2H])c([2H])c([2H])c([2H])c1n2-c1ccc2c(c1)N(c1cc(-c3ccccc3)cc(-c3ccccc3)c1)c1cc(-n3c4c([2H])c([2H])c([2H])c([2H])c4c4c([2H])c([2H])c([2H])c([2H])c43)cc3c1B2c1ccc(-n2c4ccccc4c4cc(-n5c6ccccc6c6ccccc65)ccc42)cc1N3c1cc(-c2ccccc2)cc(-c2ccccc2)c1. The number of para-hydroxylation sites is 7. The molecule has 0 radical (unpaired) electrons. The zero-order valence-corrected chi connectivity index (χ0v) is 58.1. The van der Waals surface area contributed by atoms with Gasteiger partial charge in [-0.1, -0.05) is 261 Å². The first kappa shape index (κ1) is 47.1. The summed E-state index contributed by atoms with van der Waals surface area (Å²) in [5.74, 6) is 0. The first-order chi connectivity index (χ1) is 60.7. The number of benzene rings is 17. The Labute approximate surface area is 652 Å². The van der Waals surface area contributed by atoms with Gasteiger partial charge in [-0.2, -0.15) is 0 Å². The minimum Gasteiger partial charge on any atom is -0.311 e. The Hall–Kier alpha value is -14.4. The Balaban J connectivity index is 0.899. The van der Waals surface area contributed by atoms with Gasteiger partial charge in [-0.15, -0.1) is 0 Å². The van der Waals surface area contributed by atoms with Crippen LogP contribution < -0.4 is 26.2 Å². The van der Waals surface area contributed by atoms with Crippen molar-refractivity contribution in [2.45, 2.75) is 0 Å². The molecule has 0 spiro atoms. The van der Waals surface area contributed by atoms with Gasteiger partial charge in [-0.05, 0) is 194 Å². The largest absolute Gasteiger partial charge is 0.311 e. The molecule has 0 atom stereocenters. The maximum absolute atomic E-state index is 10.2. The zero-order chi connectivity index (χ0) is 85.3. The molecule has 0 amide bonds. The van der Waals surface area contributed by atoms with Crippen LogP contribution in [0.25, 0.3) is 154 Å². The van der Waals surface area contributed by atoms with Crippen LogP contribution in [0.2, 0.25) is 0 Å². The monoisotopic (exact) mass is 1400 g/mol. The van der Waals surface area contributed by atoms with Gasteiger partial charge in [0, 0.05) is 94.3 Å². The van der Waals surface area contributed by atoms with Crippen molar-refractivity contribution >= 4 is 144 Å². The van der Waals surface area contributed by atoms with Gasteiger partial charge in [0.15, 0.2) is 0 Å². The van der Waals surface area contributed by atoms with Crippen LogP contribution in [0.1, 0.15) is 21.9 Å². The summed E-state index contributed by atoms with van der Waals surface area (Å²) < 4.78 is 161. The molecule has 6 nitrogen and oxygen atoms in total. The van der Waals surface area contributed by atoms with E-state index < -0.39 is 103 Å². The molecule has 0 bridgehead atoms. The molecule has 506 valence electrons. The lowest BCUT2D eigenvalue weighted by Gasteiger charge is -2.45. The van der Waals surface area contributed by atoms with Gasteiger partial charge in [0.2, 0.25) is 0 Å². The standard InChI is InChI=1S/C102H65BN6/c1-5-27-66(28-6-1)70-55-71(67-29-7-2-8-30-67)58-77(57-70)108-98-62-75(105-92-44-22-15-37-82(92)83-38-16-23-45-93(83)105)49-52-88(98)103-89-53-50-76(106-96-48-26-19-41-86(96)87-61-74(51-54-97(87)106)104-90-42-20-13-35-80(90)81-36-14-21-43-91(81)104)63-99(89)109(78-59-72(68-31-9-3-10-32-68)56-73(60-78)69-33-11-4-12-34-69)101-65-79(64-100(108)102(101)103)107-94-46-24-17-39-84(94)85-40-18-25-47-95(85)107/h1-65H/i15D,16D,17D,18D,22D,23D,24D,25D,37D,38D,39D,40D,44D,45D,46D,47D. The fraction of sp³-hybridized carbons (Fsp3) is 0. The normalized spacial score (nSPS) is 14.6. The summed E-state index contributed by atoms with van der Waals surface area (Å²) >= 11 is 0. The van der Waals surface area contributed by atoms with Crippen molar-refractivity contribution < 1.29 is 21.9 Å². The molecule has 0 N–H and O–H groups in total. The molecule has 109 heavy (non-hydrogen) atoms. The Kier molecular flexibility index (Phi) is 10.4. The number of hydrogen-bond donors (Lipinski definition) is 0. The third-order valence-electron chi connectivity index (χ3n) is 22.1. The minimum absolute atomic E-state index is 0.0880. The van der Waals surface area contributed by atoms with Gasteiger partial charge in [-0.25, -0.2) is 0 Å². The second-order valence-corrected chi connectivity index (χ2v) is 28.0. The second kappa shape index (κ2) is 24.1. The van der Waals surface area contributed by atoms with Crippen LogP contribution in [0.15, 0.2) is 394 Å². The number of anilines is 6. The van der Waals surface area contributed by atoms with E-state index in [4.69, 9.17) is 2.74 Å². The zero-order valence-electron chi connectivity index (χ0n) is 74.1. The molecular formula is C102H65BN6. The van der Waals surface area contributed by atoms with Crippen molar-refractivity contribution in [2.75, 3.05) is 9.80 Å². The third-order valence-corrected chi connectivity index (χ3v) is 22.1. The molecule has 21 aromatic rings. The molecule has 0 unspecified atom stereocenters. The smallest absolute Gasteiger partial charge is 0.252 e. The van der Waals surface area contributed by atoms with Crippen LogP contribution in [0.3, 0.4) is 0 Å². The number of nitrogens with zero attached hydrogens (tertiary/aromatic N) is 6. The van der Waals surface area contributed by atoms with Crippen LogP contribution in [0.4, 0.5) is 34.1 Å². The van der Waals surface area contributed by atoms with E-state index in [0.717, 1.165) is 116 Å². The summed E-state index contributed by atoms with van der Waals surface area (Å²) in [7, 11) is 0. The van der Waals surface area contributed by atoms with Gasteiger partial charge in [0.25, 0.3) is 6.71 Å². The van der Waals surface area contributed by atoms with Crippen LogP contribution in [0, 0.1) is 0 Å². The molecule has 23 rings (SSSR count). The highest BCUT2D eigenvalue weighted by molar-refractivity contribution is 7.00. The van der Waals surface area contributed by atoms with Gasteiger partial charge in [-0.3, -0.25) is 0 Å². The van der Waals surface area contributed by atoms with Crippen LogP contribution in [-0.4, -0.2) is 25.0 Å². The van der Waals surface area contributed by atoms with Crippen LogP contribution >= 0.6 is 0 Å². The predicted molar refractivity (Wildman–Crippen MR) is 460 cm³/mol. The van der Waals surface area contributed by atoms with E-state index in [9.17, 15) is 19.2 Å². The third kappa shape index (κ3) is 9.37. The summed E-state index contributed by atoms with van der Waals surface area (Å²) in [6.07, 6.45) is 0. The quantitative estimate of drug-likeness (QED) is 0.128. The number of fused-ring (bicyclic) bond motifs is 16. The molecule has 17 aromatic carbocycles. The van der Waals surface area contributed by atoms with Crippen LogP contribution in [0.5, 0.6) is 0 Å². The van der Waals surface area contributed by atoms with E-state index in [1.165, 1.54) is 4.57 Å². The molecule has 2 aliphatic rings. The van der Waals surface area contributed by atoms with Crippen molar-refractivity contribution in [3.05, 3.63) is 394 Å². The molecule has 0 saturated heterocycles. The van der Waals surface area contributed by atoms with E-state index in [0.29, 0.717) is 34.1 Å². The number of aromatic nitrogens is 4. The maximum atomic E-state index is 10.2. The van der Waals surface area contributed by atoms with E-state index in [1.54, 1.807) is 4.57 Å². The highest BCUT2D eigenvalue weighted by Gasteiger charge is 2.45. The van der Waals surface area contributed by atoms with Crippen molar-refractivity contribution in [1.82, 2.24) is 18.3 Å². The lowest BCUT2D eigenvalue weighted by Crippen LogP contribution is -2.61. The van der Waals surface area contributed by atoms with E-state index in [2.05, 4.69) is 183 Å². The average Bonchev–Trinajstić information content (AvgIpc) is 1.58. The van der Waals surface area contributed by atoms with Crippen molar-refractivity contribution in [2.24, 2.45) is 0 Å². The molecule has 0 aliphatic carbocycles. The Morgan fingerprint density at radius 1 is 0.193 bits per heavy atom. The number of rotatable bonds is 10.